The molecule has 1 aromatic heterocycles. The van der Waals surface area contributed by atoms with Crippen LogP contribution in [-0.2, 0) is 0 Å². The molecule has 1 heterocycles. The fourth-order valence-corrected chi connectivity index (χ4v) is 1.04. The van der Waals surface area contributed by atoms with Crippen molar-refractivity contribution < 1.29 is 0 Å². The fourth-order valence-electron chi connectivity index (χ4n) is 0.907. The van der Waals surface area contributed by atoms with Crippen molar-refractivity contribution in [3.63, 3.8) is 0 Å². The molecular formula is C10H17ClN4. The molecule has 1 aromatic rings. The molecule has 0 aromatic carbocycles. The summed E-state index contributed by atoms with van der Waals surface area (Å²) < 4.78 is 0. The minimum absolute atomic E-state index is 0.129. The molecule has 0 radical (unpaired) electrons. The predicted octanol–water partition coefficient (Wildman–Crippen LogP) is 2.56. The zero-order chi connectivity index (χ0) is 11.6. The smallest absolute Gasteiger partial charge is 0.224 e. The van der Waals surface area contributed by atoms with Crippen LogP contribution in [-0.4, -0.2) is 16.0 Å². The predicted molar refractivity (Wildman–Crippen MR) is 64.0 cm³/mol. The van der Waals surface area contributed by atoms with Gasteiger partial charge in [-0.1, -0.05) is 20.8 Å². The average molecular weight is 229 g/mol. The molecule has 0 fully saturated rings. The molecule has 0 saturated heterocycles. The second-order valence-electron chi connectivity index (χ2n) is 4.68. The van der Waals surface area contributed by atoms with Crippen LogP contribution in [0.25, 0.3) is 0 Å². The number of nitrogens with two attached hydrogens (primary N) is 1. The zero-order valence-corrected chi connectivity index (χ0v) is 10.3. The van der Waals surface area contributed by atoms with Gasteiger partial charge in [-0.25, -0.2) is 4.98 Å². The van der Waals surface area contributed by atoms with E-state index in [0.717, 1.165) is 0 Å². The molecule has 0 aliphatic carbocycles. The highest BCUT2D eigenvalue weighted by molar-refractivity contribution is 6.28. The number of rotatable bonds is 2. The lowest BCUT2D eigenvalue weighted by molar-refractivity contribution is 0.359. The van der Waals surface area contributed by atoms with Crippen molar-refractivity contribution in [2.24, 2.45) is 5.41 Å². The Morgan fingerprint density at radius 3 is 2.60 bits per heavy atom. The first kappa shape index (κ1) is 12.0. The molecule has 0 aliphatic rings. The van der Waals surface area contributed by atoms with Gasteiger partial charge in [0.1, 0.15) is 0 Å². The summed E-state index contributed by atoms with van der Waals surface area (Å²) in [5, 5.41) is 3.43. The third kappa shape index (κ3) is 3.23. The quantitative estimate of drug-likeness (QED) is 0.764. The number of nitrogens with one attached hydrogen (secondary N) is 1. The lowest BCUT2D eigenvalue weighted by Crippen LogP contribution is -2.31. The number of nitrogens with zero attached hydrogens (tertiary/aromatic N) is 2. The molecule has 0 aliphatic heterocycles. The van der Waals surface area contributed by atoms with Crippen LogP contribution >= 0.6 is 11.6 Å². The maximum atomic E-state index is 5.73. The Hall–Kier alpha value is -1.03. The first-order chi connectivity index (χ1) is 6.80. The molecule has 84 valence electrons. The summed E-state index contributed by atoms with van der Waals surface area (Å²) in [5.74, 6) is 0.595. The first-order valence-electron chi connectivity index (χ1n) is 4.85. The molecule has 15 heavy (non-hydrogen) atoms. The third-order valence-electron chi connectivity index (χ3n) is 2.44. The van der Waals surface area contributed by atoms with Gasteiger partial charge in [0.05, 0.1) is 11.9 Å². The SMILES string of the molecule is CC(Nc1nc(Cl)ncc1N)C(C)(C)C. The molecule has 5 heteroatoms. The number of hydrogen-bond donors (Lipinski definition) is 2. The van der Waals surface area contributed by atoms with E-state index in [1.54, 1.807) is 0 Å². The number of anilines is 2. The molecule has 0 spiro atoms. The topological polar surface area (TPSA) is 63.8 Å². The van der Waals surface area contributed by atoms with Crippen molar-refractivity contribution in [3.05, 3.63) is 11.5 Å². The Labute approximate surface area is 95.3 Å². The summed E-state index contributed by atoms with van der Waals surface area (Å²) in [4.78, 5) is 7.84. The van der Waals surface area contributed by atoms with Gasteiger partial charge in [0.15, 0.2) is 5.82 Å². The van der Waals surface area contributed by atoms with Crippen molar-refractivity contribution >= 4 is 23.1 Å². The summed E-state index contributed by atoms with van der Waals surface area (Å²) in [6, 6.07) is 0.241. The first-order valence-corrected chi connectivity index (χ1v) is 5.23. The van der Waals surface area contributed by atoms with Gasteiger partial charge in [0.2, 0.25) is 5.28 Å². The summed E-state index contributed by atoms with van der Waals surface area (Å²) in [5.41, 5.74) is 6.37. The summed E-state index contributed by atoms with van der Waals surface area (Å²) in [6.07, 6.45) is 1.51. The van der Waals surface area contributed by atoms with Gasteiger partial charge in [0.25, 0.3) is 0 Å². The van der Waals surface area contributed by atoms with Crippen molar-refractivity contribution in [2.75, 3.05) is 11.1 Å². The van der Waals surface area contributed by atoms with Gasteiger partial charge >= 0.3 is 0 Å². The van der Waals surface area contributed by atoms with Gasteiger partial charge < -0.3 is 11.1 Å². The lowest BCUT2D eigenvalue weighted by atomic mass is 9.88. The lowest BCUT2D eigenvalue weighted by Gasteiger charge is -2.28. The van der Waals surface area contributed by atoms with Crippen molar-refractivity contribution in [2.45, 2.75) is 33.7 Å². The average Bonchev–Trinajstić information content (AvgIpc) is 2.09. The maximum absolute atomic E-state index is 5.73. The van der Waals surface area contributed by atoms with Crippen LogP contribution in [0, 0.1) is 5.41 Å². The van der Waals surface area contributed by atoms with Crippen molar-refractivity contribution in [3.8, 4) is 0 Å². The van der Waals surface area contributed by atoms with Crippen LogP contribution in [0.1, 0.15) is 27.7 Å². The molecule has 4 nitrogen and oxygen atoms in total. The van der Waals surface area contributed by atoms with Crippen LogP contribution in [0.4, 0.5) is 11.5 Å². The van der Waals surface area contributed by atoms with Gasteiger partial charge in [0, 0.05) is 6.04 Å². The number of hydrogen-bond acceptors (Lipinski definition) is 4. The van der Waals surface area contributed by atoms with Gasteiger partial charge in [-0.05, 0) is 23.9 Å². The van der Waals surface area contributed by atoms with Crippen molar-refractivity contribution in [1.29, 1.82) is 0 Å². The maximum Gasteiger partial charge on any atom is 0.224 e. The van der Waals surface area contributed by atoms with Crippen LogP contribution in [0.5, 0.6) is 0 Å². The standard InChI is InChI=1S/C10H17ClN4/c1-6(10(2,3)4)14-8-7(12)5-13-9(11)15-8/h5-6H,12H2,1-4H3,(H,13,14,15). The van der Waals surface area contributed by atoms with E-state index in [4.69, 9.17) is 17.3 Å². The highest BCUT2D eigenvalue weighted by Gasteiger charge is 2.20. The van der Waals surface area contributed by atoms with E-state index in [0.29, 0.717) is 11.5 Å². The molecule has 1 atom stereocenters. The van der Waals surface area contributed by atoms with E-state index in [-0.39, 0.29) is 16.7 Å². The van der Waals surface area contributed by atoms with E-state index in [9.17, 15) is 0 Å². The van der Waals surface area contributed by atoms with Gasteiger partial charge in [-0.2, -0.15) is 4.98 Å². The Bertz CT molecular complexity index is 346. The normalized spacial score (nSPS) is 13.7. The largest absolute Gasteiger partial charge is 0.394 e. The molecule has 1 rings (SSSR count). The Kier molecular flexibility index (Phi) is 3.39. The Morgan fingerprint density at radius 2 is 2.07 bits per heavy atom. The fraction of sp³-hybridized carbons (Fsp3) is 0.600. The van der Waals surface area contributed by atoms with Crippen LogP contribution in [0.3, 0.4) is 0 Å². The number of aromatic nitrogens is 2. The summed E-state index contributed by atoms with van der Waals surface area (Å²) >= 11 is 5.70. The minimum Gasteiger partial charge on any atom is -0.394 e. The van der Waals surface area contributed by atoms with E-state index in [1.165, 1.54) is 6.20 Å². The highest BCUT2D eigenvalue weighted by atomic mass is 35.5. The molecule has 0 saturated carbocycles. The van der Waals surface area contributed by atoms with Gasteiger partial charge in [-0.15, -0.1) is 0 Å². The zero-order valence-electron chi connectivity index (χ0n) is 9.50. The third-order valence-corrected chi connectivity index (χ3v) is 2.62. The Morgan fingerprint density at radius 1 is 1.47 bits per heavy atom. The molecule has 1 unspecified atom stereocenters. The highest BCUT2D eigenvalue weighted by Crippen LogP contribution is 2.24. The van der Waals surface area contributed by atoms with Crippen molar-refractivity contribution in [1.82, 2.24) is 9.97 Å². The number of nitrogen functional groups attached to an aromatic ring is 1. The Balaban J connectivity index is 2.85. The van der Waals surface area contributed by atoms with Crippen LogP contribution in [0.2, 0.25) is 5.28 Å². The molecule has 0 amide bonds. The van der Waals surface area contributed by atoms with Gasteiger partial charge in [-0.3, -0.25) is 0 Å². The van der Waals surface area contributed by atoms with E-state index < -0.39 is 0 Å². The summed E-state index contributed by atoms with van der Waals surface area (Å²) in [6.45, 7) is 8.51. The van der Waals surface area contributed by atoms with E-state index in [1.807, 2.05) is 0 Å². The monoisotopic (exact) mass is 228 g/mol. The van der Waals surface area contributed by atoms with E-state index >= 15 is 0 Å². The molecule has 3 N–H and O–H groups in total. The minimum atomic E-state index is 0.129. The van der Waals surface area contributed by atoms with E-state index in [2.05, 4.69) is 43.0 Å². The van der Waals surface area contributed by atoms with Crippen LogP contribution in [0.15, 0.2) is 6.20 Å². The number of halogens is 1. The van der Waals surface area contributed by atoms with Crippen LogP contribution < -0.4 is 11.1 Å². The second-order valence-corrected chi connectivity index (χ2v) is 5.01. The second kappa shape index (κ2) is 4.23. The molecular weight excluding hydrogens is 212 g/mol. The summed E-state index contributed by atoms with van der Waals surface area (Å²) in [7, 11) is 0. The molecule has 0 bridgehead atoms.